The number of amides is 1. The third kappa shape index (κ3) is 36.1. The van der Waals surface area contributed by atoms with Gasteiger partial charge in [0.05, 0.1) is 25.4 Å². The van der Waals surface area contributed by atoms with Crippen LogP contribution in [-0.4, -0.2) is 99.6 Å². The number of rotatable bonds is 50. The molecule has 1 aliphatic heterocycles. The van der Waals surface area contributed by atoms with Gasteiger partial charge in [-0.2, -0.15) is 0 Å². The largest absolute Gasteiger partial charge is 0.454 e. The topological polar surface area (TPSA) is 175 Å². The van der Waals surface area contributed by atoms with Crippen molar-refractivity contribution >= 4 is 11.9 Å². The van der Waals surface area contributed by atoms with Crippen LogP contribution < -0.4 is 5.32 Å². The molecule has 11 heteroatoms. The van der Waals surface area contributed by atoms with E-state index >= 15 is 0 Å². The first-order valence-electron chi connectivity index (χ1n) is 29.5. The molecule has 0 aliphatic carbocycles. The van der Waals surface area contributed by atoms with Crippen LogP contribution in [0.4, 0.5) is 0 Å². The highest BCUT2D eigenvalue weighted by Gasteiger charge is 2.47. The van der Waals surface area contributed by atoms with Crippen molar-refractivity contribution in [3.8, 4) is 0 Å². The number of aliphatic hydroxyl groups is 5. The van der Waals surface area contributed by atoms with Crippen LogP contribution in [0.3, 0.4) is 0 Å². The molecule has 8 unspecified atom stereocenters. The first-order valence-corrected chi connectivity index (χ1v) is 29.5. The second-order valence-corrected chi connectivity index (χ2v) is 20.7. The molecule has 6 N–H and O–H groups in total. The van der Waals surface area contributed by atoms with E-state index in [1.54, 1.807) is 6.08 Å². The van der Waals surface area contributed by atoms with Crippen LogP contribution in [0.5, 0.6) is 0 Å². The van der Waals surface area contributed by atoms with Crippen molar-refractivity contribution in [3.05, 3.63) is 12.2 Å². The summed E-state index contributed by atoms with van der Waals surface area (Å²) in [7, 11) is 0. The minimum absolute atomic E-state index is 0.131. The molecule has 8 atom stereocenters. The van der Waals surface area contributed by atoms with Crippen molar-refractivity contribution in [2.75, 3.05) is 13.2 Å². The van der Waals surface area contributed by atoms with Gasteiger partial charge in [0.25, 0.3) is 0 Å². The summed E-state index contributed by atoms with van der Waals surface area (Å²) in [5, 5.41) is 56.8. The molecule has 11 nitrogen and oxygen atoms in total. The number of unbranched alkanes of at least 4 members (excludes halogenated alkanes) is 36. The van der Waals surface area contributed by atoms with Gasteiger partial charge in [-0.1, -0.05) is 264 Å². The molecule has 1 heterocycles. The monoisotopic (exact) mass is 982 g/mol. The van der Waals surface area contributed by atoms with Crippen LogP contribution in [0.25, 0.3) is 0 Å². The summed E-state index contributed by atoms with van der Waals surface area (Å²) >= 11 is 0. The molecule has 1 rings (SSSR count). The lowest BCUT2D eigenvalue weighted by Gasteiger charge is -2.41. The zero-order chi connectivity index (χ0) is 50.4. The Kier molecular flexibility index (Phi) is 44.9. The SMILES string of the molecule is CCCCCCCCCCCC/C=C/C(O)C(COC1OC(CO)C(O)C(O)C1OC(=O)CCCCCCCCCCCCCCCC)NC(=O)C(O)CCCCCCCCCCCCCCCC. The first-order chi connectivity index (χ1) is 33.7. The van der Waals surface area contributed by atoms with E-state index in [9.17, 15) is 35.1 Å². The van der Waals surface area contributed by atoms with E-state index < -0.39 is 67.4 Å². The fraction of sp³-hybridized carbons (Fsp3) is 0.931. The van der Waals surface area contributed by atoms with E-state index in [4.69, 9.17) is 14.2 Å². The van der Waals surface area contributed by atoms with Gasteiger partial charge in [0.15, 0.2) is 12.4 Å². The van der Waals surface area contributed by atoms with Gasteiger partial charge in [0.1, 0.15) is 24.4 Å². The molecule has 1 amide bonds. The van der Waals surface area contributed by atoms with Crippen molar-refractivity contribution in [3.63, 3.8) is 0 Å². The van der Waals surface area contributed by atoms with Crippen LogP contribution >= 0.6 is 0 Å². The quantitative estimate of drug-likeness (QED) is 0.0195. The van der Waals surface area contributed by atoms with Crippen LogP contribution in [0.15, 0.2) is 12.2 Å². The molecule has 1 aliphatic rings. The fourth-order valence-electron chi connectivity index (χ4n) is 9.48. The summed E-state index contributed by atoms with van der Waals surface area (Å²) in [6, 6.07) is -1.01. The molecule has 0 aromatic heterocycles. The minimum Gasteiger partial charge on any atom is -0.454 e. The second kappa shape index (κ2) is 47.4. The standard InChI is InChI=1S/C58H111NO10/c1-4-7-10-13-16-19-22-25-27-30-33-36-39-42-45-51(62)57(66)59-49(50(61)44-41-38-35-32-29-24-21-18-15-12-9-6-3)48-67-58-56(55(65)54(64)52(47-60)68-58)69-53(63)46-43-40-37-34-31-28-26-23-20-17-14-11-8-5-2/h41,44,49-52,54-56,58,60-62,64-65H,4-40,42-43,45-48H2,1-3H3,(H,59,66)/b44-41+. The number of carbonyl (C=O) groups is 2. The normalized spacial score (nSPS) is 19.8. The van der Waals surface area contributed by atoms with Gasteiger partial charge in [0.2, 0.25) is 5.91 Å². The highest BCUT2D eigenvalue weighted by atomic mass is 16.7. The van der Waals surface area contributed by atoms with Gasteiger partial charge in [-0.25, -0.2) is 0 Å². The van der Waals surface area contributed by atoms with Crippen LogP contribution in [0, 0.1) is 0 Å². The average Bonchev–Trinajstić information content (AvgIpc) is 3.34. The number of hydrogen-bond acceptors (Lipinski definition) is 10. The molecular formula is C58H111NO10. The molecule has 1 fully saturated rings. The summed E-state index contributed by atoms with van der Waals surface area (Å²) in [6.07, 6.45) is 41.1. The molecule has 408 valence electrons. The number of esters is 1. The predicted molar refractivity (Wildman–Crippen MR) is 283 cm³/mol. The second-order valence-electron chi connectivity index (χ2n) is 20.7. The Morgan fingerprint density at radius 1 is 0.551 bits per heavy atom. The smallest absolute Gasteiger partial charge is 0.306 e. The maximum absolute atomic E-state index is 13.4. The maximum atomic E-state index is 13.4. The molecule has 0 spiro atoms. The lowest BCUT2D eigenvalue weighted by Crippen LogP contribution is -2.61. The Hall–Kier alpha value is -1.60. The Morgan fingerprint density at radius 2 is 0.942 bits per heavy atom. The van der Waals surface area contributed by atoms with E-state index in [0.29, 0.717) is 19.3 Å². The number of nitrogens with one attached hydrogen (secondary N) is 1. The zero-order valence-electron chi connectivity index (χ0n) is 45.0. The van der Waals surface area contributed by atoms with Crippen molar-refractivity contribution in [2.24, 2.45) is 0 Å². The number of ether oxygens (including phenoxy) is 3. The first kappa shape index (κ1) is 65.4. The molecule has 0 bridgehead atoms. The molecule has 69 heavy (non-hydrogen) atoms. The highest BCUT2D eigenvalue weighted by Crippen LogP contribution is 2.26. The lowest BCUT2D eigenvalue weighted by molar-refractivity contribution is -0.305. The van der Waals surface area contributed by atoms with Crippen molar-refractivity contribution in [2.45, 2.75) is 333 Å². The third-order valence-corrected chi connectivity index (χ3v) is 14.2. The van der Waals surface area contributed by atoms with E-state index in [1.807, 2.05) is 6.08 Å². The van der Waals surface area contributed by atoms with Gasteiger partial charge in [-0.3, -0.25) is 9.59 Å². The van der Waals surface area contributed by atoms with Crippen LogP contribution in [0.2, 0.25) is 0 Å². The number of hydrogen-bond donors (Lipinski definition) is 6. The third-order valence-electron chi connectivity index (χ3n) is 14.2. The average molecular weight is 983 g/mol. The van der Waals surface area contributed by atoms with Gasteiger partial charge >= 0.3 is 5.97 Å². The number of allylic oxidation sites excluding steroid dienone is 1. The molecule has 1 saturated heterocycles. The van der Waals surface area contributed by atoms with Crippen LogP contribution in [-0.2, 0) is 23.8 Å². The van der Waals surface area contributed by atoms with E-state index in [0.717, 1.165) is 57.8 Å². The Labute approximate surface area is 423 Å². The highest BCUT2D eigenvalue weighted by molar-refractivity contribution is 5.80. The van der Waals surface area contributed by atoms with E-state index in [2.05, 4.69) is 26.1 Å². The molecule has 0 radical (unpaired) electrons. The molecule has 0 aromatic carbocycles. The van der Waals surface area contributed by atoms with Crippen molar-refractivity contribution in [1.82, 2.24) is 5.32 Å². The molecule has 0 aromatic rings. The lowest BCUT2D eigenvalue weighted by atomic mass is 9.99. The fourth-order valence-corrected chi connectivity index (χ4v) is 9.48. The Balaban J connectivity index is 2.71. The summed E-state index contributed by atoms with van der Waals surface area (Å²) < 4.78 is 17.6. The number of aliphatic hydroxyl groups excluding tert-OH is 5. The summed E-state index contributed by atoms with van der Waals surface area (Å²) in [5.41, 5.74) is 0. The Bertz CT molecular complexity index is 1170. The van der Waals surface area contributed by atoms with Crippen molar-refractivity contribution < 1.29 is 49.3 Å². The van der Waals surface area contributed by atoms with Gasteiger partial charge in [-0.15, -0.1) is 0 Å². The molecular weight excluding hydrogens is 871 g/mol. The Morgan fingerprint density at radius 3 is 1.36 bits per heavy atom. The van der Waals surface area contributed by atoms with Crippen molar-refractivity contribution in [1.29, 1.82) is 0 Å². The van der Waals surface area contributed by atoms with Gasteiger partial charge in [0, 0.05) is 6.42 Å². The van der Waals surface area contributed by atoms with Gasteiger partial charge < -0.3 is 45.1 Å². The van der Waals surface area contributed by atoms with Crippen LogP contribution in [0.1, 0.15) is 284 Å². The minimum atomic E-state index is -1.60. The maximum Gasteiger partial charge on any atom is 0.306 e. The van der Waals surface area contributed by atoms with Gasteiger partial charge in [-0.05, 0) is 25.7 Å². The molecule has 0 saturated carbocycles. The van der Waals surface area contributed by atoms with E-state index in [-0.39, 0.29) is 13.0 Å². The van der Waals surface area contributed by atoms with E-state index in [1.165, 1.54) is 180 Å². The zero-order valence-corrected chi connectivity index (χ0v) is 45.0. The summed E-state index contributed by atoms with van der Waals surface area (Å²) in [6.45, 7) is 5.80. The summed E-state index contributed by atoms with van der Waals surface area (Å²) in [5.74, 6) is -1.18. The number of carbonyl (C=O) groups excluding carboxylic acids is 2. The predicted octanol–water partition coefficient (Wildman–Crippen LogP) is 13.2. The summed E-state index contributed by atoms with van der Waals surface area (Å²) in [4.78, 5) is 26.4.